The van der Waals surface area contributed by atoms with Gasteiger partial charge in [0.25, 0.3) is 10.0 Å². The van der Waals surface area contributed by atoms with Crippen LogP contribution in [0, 0.1) is 6.92 Å². The molecule has 0 bridgehead atoms. The van der Waals surface area contributed by atoms with Gasteiger partial charge < -0.3 is 4.74 Å². The van der Waals surface area contributed by atoms with Crippen molar-refractivity contribution in [1.82, 2.24) is 0 Å². The number of ether oxygens (including phenoxy) is 1. The van der Waals surface area contributed by atoms with Crippen molar-refractivity contribution in [3.63, 3.8) is 0 Å². The highest BCUT2D eigenvalue weighted by molar-refractivity contribution is 7.92. The van der Waals surface area contributed by atoms with Crippen LogP contribution in [0.15, 0.2) is 47.4 Å². The summed E-state index contributed by atoms with van der Waals surface area (Å²) in [7, 11) is -5.80. The van der Waals surface area contributed by atoms with Crippen LogP contribution in [0.3, 0.4) is 0 Å². The molecule has 0 unspecified atom stereocenters. The molecule has 130 valence electrons. The molecule has 0 spiro atoms. The Labute approximate surface area is 141 Å². The average molecular weight is 370 g/mol. The van der Waals surface area contributed by atoms with Crippen LogP contribution in [0.2, 0.25) is 0 Å². The highest BCUT2D eigenvalue weighted by Gasteiger charge is 2.17. The van der Waals surface area contributed by atoms with Gasteiger partial charge >= 0.3 is 0 Å². The second-order valence-electron chi connectivity index (χ2n) is 5.21. The summed E-state index contributed by atoms with van der Waals surface area (Å²) in [5.41, 5.74) is 1.49. The Morgan fingerprint density at radius 1 is 0.917 bits per heavy atom. The smallest absolute Gasteiger partial charge is 0.262 e. The van der Waals surface area contributed by atoms with E-state index in [1.165, 1.54) is 31.4 Å². The molecule has 0 aliphatic carbocycles. The van der Waals surface area contributed by atoms with E-state index in [2.05, 4.69) is 9.44 Å². The summed E-state index contributed by atoms with van der Waals surface area (Å²) in [5, 5.41) is 0. The van der Waals surface area contributed by atoms with E-state index < -0.39 is 20.0 Å². The number of rotatable bonds is 6. The summed E-state index contributed by atoms with van der Waals surface area (Å²) in [6, 6.07) is 10.5. The Hall–Kier alpha value is -2.26. The Kier molecular flexibility index (Phi) is 5.05. The summed E-state index contributed by atoms with van der Waals surface area (Å²) >= 11 is 0. The molecule has 0 saturated carbocycles. The van der Waals surface area contributed by atoms with Gasteiger partial charge in [0.1, 0.15) is 5.75 Å². The quantitative estimate of drug-likeness (QED) is 0.811. The van der Waals surface area contributed by atoms with Crippen molar-refractivity contribution in [2.45, 2.75) is 11.8 Å². The third-order valence-corrected chi connectivity index (χ3v) is 5.06. The molecule has 0 fully saturated rings. The van der Waals surface area contributed by atoms with Gasteiger partial charge in [-0.2, -0.15) is 0 Å². The van der Waals surface area contributed by atoms with E-state index >= 15 is 0 Å². The van der Waals surface area contributed by atoms with E-state index in [0.717, 1.165) is 11.8 Å². The maximum atomic E-state index is 12.5. The molecule has 9 heteroatoms. The topological polar surface area (TPSA) is 102 Å². The predicted molar refractivity (Wildman–Crippen MR) is 93.4 cm³/mol. The fraction of sp³-hybridized carbons (Fsp3) is 0.200. The third kappa shape index (κ3) is 4.62. The first-order valence-corrected chi connectivity index (χ1v) is 10.2. The number of nitrogens with one attached hydrogen (secondary N) is 2. The number of aryl methyl sites for hydroxylation is 1. The van der Waals surface area contributed by atoms with Crippen LogP contribution < -0.4 is 14.2 Å². The number of hydrogen-bond acceptors (Lipinski definition) is 5. The maximum absolute atomic E-state index is 12.5. The lowest BCUT2D eigenvalue weighted by molar-refractivity contribution is 0.417. The molecule has 0 radical (unpaired) electrons. The van der Waals surface area contributed by atoms with Crippen molar-refractivity contribution in [3.05, 3.63) is 48.0 Å². The third-order valence-electron chi connectivity index (χ3n) is 3.07. The molecule has 0 amide bonds. The molecule has 0 atom stereocenters. The zero-order valence-electron chi connectivity index (χ0n) is 13.4. The van der Waals surface area contributed by atoms with E-state index in [0.29, 0.717) is 11.4 Å². The zero-order valence-corrected chi connectivity index (χ0v) is 15.0. The fourth-order valence-corrected chi connectivity index (χ4v) is 3.65. The van der Waals surface area contributed by atoms with Crippen LogP contribution in [0.5, 0.6) is 5.75 Å². The first kappa shape index (κ1) is 18.1. The van der Waals surface area contributed by atoms with Crippen LogP contribution in [0.4, 0.5) is 11.4 Å². The molecule has 2 aromatic carbocycles. The van der Waals surface area contributed by atoms with E-state index in [1.807, 2.05) is 13.0 Å². The predicted octanol–water partition coefficient (Wildman–Crippen LogP) is 2.18. The summed E-state index contributed by atoms with van der Waals surface area (Å²) in [6.45, 7) is 1.84. The van der Waals surface area contributed by atoms with Gasteiger partial charge in [0.05, 0.1) is 23.9 Å². The lowest BCUT2D eigenvalue weighted by Gasteiger charge is -2.13. The van der Waals surface area contributed by atoms with Gasteiger partial charge in [-0.05, 0) is 48.9 Å². The van der Waals surface area contributed by atoms with Gasteiger partial charge in [-0.25, -0.2) is 16.8 Å². The van der Waals surface area contributed by atoms with Crippen LogP contribution in [0.1, 0.15) is 5.56 Å². The van der Waals surface area contributed by atoms with Gasteiger partial charge in [-0.15, -0.1) is 0 Å². The van der Waals surface area contributed by atoms with Crippen molar-refractivity contribution >= 4 is 31.4 Å². The Bertz CT molecular complexity index is 936. The molecule has 2 N–H and O–H groups in total. The van der Waals surface area contributed by atoms with Crippen molar-refractivity contribution in [2.24, 2.45) is 0 Å². The van der Waals surface area contributed by atoms with E-state index in [-0.39, 0.29) is 10.6 Å². The zero-order chi connectivity index (χ0) is 18.0. The molecular formula is C15H18N2O5S2. The Balaban J connectivity index is 2.29. The Morgan fingerprint density at radius 3 is 2.08 bits per heavy atom. The molecule has 24 heavy (non-hydrogen) atoms. The lowest BCUT2D eigenvalue weighted by atomic mass is 10.2. The average Bonchev–Trinajstić information content (AvgIpc) is 2.46. The van der Waals surface area contributed by atoms with Gasteiger partial charge in [0.15, 0.2) is 0 Å². The van der Waals surface area contributed by atoms with Crippen LogP contribution in [-0.2, 0) is 20.0 Å². The van der Waals surface area contributed by atoms with Crippen LogP contribution >= 0.6 is 0 Å². The maximum Gasteiger partial charge on any atom is 0.262 e. The van der Waals surface area contributed by atoms with Gasteiger partial charge in [0, 0.05) is 5.69 Å². The van der Waals surface area contributed by atoms with Crippen molar-refractivity contribution in [3.8, 4) is 5.75 Å². The highest BCUT2D eigenvalue weighted by atomic mass is 32.2. The SMILES string of the molecule is COc1ccc(C)cc1NS(=O)(=O)c1ccc(NS(C)(=O)=O)cc1. The van der Waals surface area contributed by atoms with Gasteiger partial charge in [-0.1, -0.05) is 6.07 Å². The van der Waals surface area contributed by atoms with E-state index in [9.17, 15) is 16.8 Å². The molecule has 0 aliphatic rings. The molecule has 0 heterocycles. The van der Waals surface area contributed by atoms with Crippen molar-refractivity contribution < 1.29 is 21.6 Å². The molecule has 0 saturated heterocycles. The van der Waals surface area contributed by atoms with Crippen LogP contribution in [-0.4, -0.2) is 30.2 Å². The number of benzene rings is 2. The second kappa shape index (κ2) is 6.70. The normalized spacial score (nSPS) is 11.8. The summed E-state index contributed by atoms with van der Waals surface area (Å²) < 4.78 is 57.2. The summed E-state index contributed by atoms with van der Waals surface area (Å²) in [6.07, 6.45) is 1.02. The van der Waals surface area contributed by atoms with Crippen molar-refractivity contribution in [2.75, 3.05) is 22.8 Å². The fourth-order valence-electron chi connectivity index (χ4n) is 2.02. The first-order valence-electron chi connectivity index (χ1n) is 6.86. The minimum absolute atomic E-state index is 0.00473. The summed E-state index contributed by atoms with van der Waals surface area (Å²) in [5.74, 6) is 0.402. The molecule has 0 aromatic heterocycles. The minimum Gasteiger partial charge on any atom is -0.495 e. The first-order chi connectivity index (χ1) is 11.1. The number of hydrogen-bond donors (Lipinski definition) is 2. The molecule has 7 nitrogen and oxygen atoms in total. The number of methoxy groups -OCH3 is 1. The minimum atomic E-state index is -3.83. The molecular weight excluding hydrogens is 352 g/mol. The van der Waals surface area contributed by atoms with Crippen LogP contribution in [0.25, 0.3) is 0 Å². The second-order valence-corrected chi connectivity index (χ2v) is 8.64. The lowest BCUT2D eigenvalue weighted by Crippen LogP contribution is -2.14. The number of sulfonamides is 2. The van der Waals surface area contributed by atoms with Crippen molar-refractivity contribution in [1.29, 1.82) is 0 Å². The van der Waals surface area contributed by atoms with Gasteiger partial charge in [0.2, 0.25) is 10.0 Å². The van der Waals surface area contributed by atoms with E-state index in [1.54, 1.807) is 12.1 Å². The Morgan fingerprint density at radius 2 is 1.54 bits per heavy atom. The molecule has 2 rings (SSSR count). The summed E-state index contributed by atoms with van der Waals surface area (Å²) in [4.78, 5) is 0.00473. The van der Waals surface area contributed by atoms with E-state index in [4.69, 9.17) is 4.74 Å². The number of anilines is 2. The van der Waals surface area contributed by atoms with Gasteiger partial charge in [-0.3, -0.25) is 9.44 Å². The standard InChI is InChI=1S/C15H18N2O5S2/c1-11-4-9-15(22-2)14(10-11)17-24(20,21)13-7-5-12(6-8-13)16-23(3,18)19/h4-10,16-17H,1-3H3. The largest absolute Gasteiger partial charge is 0.495 e. The molecule has 0 aliphatic heterocycles. The monoisotopic (exact) mass is 370 g/mol. The molecule has 2 aromatic rings. The highest BCUT2D eigenvalue weighted by Crippen LogP contribution is 2.28.